The van der Waals surface area contributed by atoms with Crippen LogP contribution >= 0.6 is 11.3 Å². The Balaban J connectivity index is 1.57. The lowest BCUT2D eigenvalue weighted by molar-refractivity contribution is -0.126. The van der Waals surface area contributed by atoms with Crippen molar-refractivity contribution in [2.75, 3.05) is 51.6 Å². The van der Waals surface area contributed by atoms with Crippen LogP contribution in [0.15, 0.2) is 41.3 Å². The molecule has 0 atom stereocenters. The molecule has 0 radical (unpaired) electrons. The van der Waals surface area contributed by atoms with Crippen molar-refractivity contribution in [3.63, 3.8) is 0 Å². The molecule has 1 aliphatic rings. The topological polar surface area (TPSA) is 106 Å². The number of alkyl halides is 3. The number of nitrogens with two attached hydrogens (primary N) is 1. The summed E-state index contributed by atoms with van der Waals surface area (Å²) >= 11 is 1.26. The number of nitrogens with zero attached hydrogens (tertiary/aromatic N) is 1. The van der Waals surface area contributed by atoms with E-state index in [4.69, 9.17) is 14.6 Å². The molecule has 1 aliphatic carbocycles. The molecular formula is C30H37F3N4O4S2. The van der Waals surface area contributed by atoms with Gasteiger partial charge in [-0.25, -0.2) is 13.6 Å². The Kier molecular flexibility index (Phi) is 10.8. The Morgan fingerprint density at radius 3 is 2.49 bits per heavy atom. The van der Waals surface area contributed by atoms with Crippen molar-refractivity contribution in [1.29, 1.82) is 0 Å². The fourth-order valence-electron chi connectivity index (χ4n) is 5.16. The Morgan fingerprint density at radius 2 is 1.84 bits per heavy atom. The summed E-state index contributed by atoms with van der Waals surface area (Å²) in [4.78, 5) is 2.49. The van der Waals surface area contributed by atoms with Gasteiger partial charge in [-0.05, 0) is 68.9 Å². The van der Waals surface area contributed by atoms with Gasteiger partial charge in [-0.3, -0.25) is 0 Å². The quantitative estimate of drug-likeness (QED) is 0.190. The molecule has 1 fully saturated rings. The van der Waals surface area contributed by atoms with Crippen LogP contribution in [0.25, 0.3) is 10.1 Å². The molecule has 1 saturated carbocycles. The molecule has 1 heterocycles. The Bertz CT molecular complexity index is 1570. The number of nitrogens with one attached hydrogen (secondary N) is 2. The Labute approximate surface area is 254 Å². The number of rotatable bonds is 11. The SMILES string of the molecule is COCCOc1cc(S(N)(=O)=O)ccc1NCC#Cc1sc2c(NC3CCC(N(C)C)CC3)cccc2c1CC(F)(F)F. The predicted octanol–water partition coefficient (Wildman–Crippen LogP) is 5.43. The molecule has 13 heteroatoms. The molecule has 4 rings (SSSR count). The second kappa shape index (κ2) is 14.2. The number of thiophene rings is 1. The summed E-state index contributed by atoms with van der Waals surface area (Å²) < 4.78 is 75.9. The minimum Gasteiger partial charge on any atom is -0.489 e. The van der Waals surface area contributed by atoms with E-state index in [1.165, 1.54) is 36.6 Å². The number of hydrogen-bond donors (Lipinski definition) is 3. The maximum atomic E-state index is 13.6. The largest absolute Gasteiger partial charge is 0.489 e. The van der Waals surface area contributed by atoms with Crippen LogP contribution in [0.3, 0.4) is 0 Å². The summed E-state index contributed by atoms with van der Waals surface area (Å²) in [6.07, 6.45) is -1.35. The van der Waals surface area contributed by atoms with Gasteiger partial charge in [0.25, 0.3) is 0 Å². The van der Waals surface area contributed by atoms with Gasteiger partial charge < -0.3 is 25.0 Å². The third-order valence-electron chi connectivity index (χ3n) is 7.38. The molecule has 0 bridgehead atoms. The first kappa shape index (κ1) is 32.9. The highest BCUT2D eigenvalue weighted by molar-refractivity contribution is 7.89. The van der Waals surface area contributed by atoms with Crippen LogP contribution in [0.2, 0.25) is 0 Å². The van der Waals surface area contributed by atoms with E-state index in [0.29, 0.717) is 22.0 Å². The molecular weight excluding hydrogens is 601 g/mol. The van der Waals surface area contributed by atoms with Crippen LogP contribution in [-0.2, 0) is 21.2 Å². The zero-order chi connectivity index (χ0) is 31.2. The van der Waals surface area contributed by atoms with Gasteiger partial charge in [-0.2, -0.15) is 13.2 Å². The highest BCUT2D eigenvalue weighted by Gasteiger charge is 2.31. The summed E-state index contributed by atoms with van der Waals surface area (Å²) in [6, 6.07) is 10.4. The lowest BCUT2D eigenvalue weighted by Gasteiger charge is -2.33. The molecule has 0 aliphatic heterocycles. The minimum absolute atomic E-state index is 0.0787. The van der Waals surface area contributed by atoms with Gasteiger partial charge in [0.05, 0.1) is 45.4 Å². The van der Waals surface area contributed by atoms with Crippen LogP contribution in [0.1, 0.15) is 36.1 Å². The van der Waals surface area contributed by atoms with Crippen molar-refractivity contribution in [3.05, 3.63) is 46.8 Å². The molecule has 43 heavy (non-hydrogen) atoms. The van der Waals surface area contributed by atoms with Crippen molar-refractivity contribution in [2.24, 2.45) is 5.14 Å². The number of ether oxygens (including phenoxy) is 2. The van der Waals surface area contributed by atoms with Gasteiger partial charge in [0.1, 0.15) is 12.4 Å². The molecule has 4 N–H and O–H groups in total. The van der Waals surface area contributed by atoms with Crippen LogP contribution in [-0.4, -0.2) is 72.5 Å². The van der Waals surface area contributed by atoms with Gasteiger partial charge in [0.2, 0.25) is 10.0 Å². The molecule has 0 unspecified atom stereocenters. The average molecular weight is 639 g/mol. The van der Waals surface area contributed by atoms with E-state index < -0.39 is 22.6 Å². The summed E-state index contributed by atoms with van der Waals surface area (Å²) in [6.45, 7) is 0.525. The number of halogens is 3. The lowest BCUT2D eigenvalue weighted by atomic mass is 9.90. The second-order valence-electron chi connectivity index (χ2n) is 10.7. The highest BCUT2D eigenvalue weighted by Crippen LogP contribution is 2.40. The van der Waals surface area contributed by atoms with Crippen LogP contribution in [0, 0.1) is 11.8 Å². The van der Waals surface area contributed by atoms with E-state index in [-0.39, 0.29) is 42.0 Å². The third kappa shape index (κ3) is 9.00. The molecule has 3 aromatic rings. The van der Waals surface area contributed by atoms with E-state index in [1.54, 1.807) is 12.1 Å². The first-order valence-electron chi connectivity index (χ1n) is 13.9. The highest BCUT2D eigenvalue weighted by atomic mass is 32.2. The summed E-state index contributed by atoms with van der Waals surface area (Å²) in [5.41, 5.74) is 1.46. The maximum Gasteiger partial charge on any atom is 0.393 e. The van der Waals surface area contributed by atoms with Crippen LogP contribution in [0.5, 0.6) is 5.75 Å². The standard InChI is InChI=1S/C30H37F3N4O4S2/c1-37(2)21-11-9-20(10-12-21)36-26-7-4-6-23-24(19-30(31,32)33)28(42-29(23)26)8-5-15-35-25-14-13-22(43(34,38)39)18-27(25)41-17-16-40-3/h4,6-7,13-14,18,20-21,35-36H,9-12,15-17,19H2,1-3H3,(H2,34,38,39). The zero-order valence-electron chi connectivity index (χ0n) is 24.4. The molecule has 234 valence electrons. The van der Waals surface area contributed by atoms with Crippen LogP contribution in [0.4, 0.5) is 24.5 Å². The Hall–Kier alpha value is -3.02. The van der Waals surface area contributed by atoms with Gasteiger partial charge in [-0.15, -0.1) is 11.3 Å². The van der Waals surface area contributed by atoms with E-state index in [2.05, 4.69) is 41.5 Å². The molecule has 0 saturated heterocycles. The first-order valence-corrected chi connectivity index (χ1v) is 16.3. The molecule has 1 aromatic heterocycles. The van der Waals surface area contributed by atoms with Crippen LogP contribution < -0.4 is 20.5 Å². The van der Waals surface area contributed by atoms with Gasteiger partial charge in [-0.1, -0.05) is 24.0 Å². The van der Waals surface area contributed by atoms with E-state index in [0.717, 1.165) is 36.1 Å². The van der Waals surface area contributed by atoms with Gasteiger partial charge in [0.15, 0.2) is 0 Å². The number of fused-ring (bicyclic) bond motifs is 1. The number of sulfonamides is 1. The van der Waals surface area contributed by atoms with Crippen molar-refractivity contribution in [1.82, 2.24) is 4.90 Å². The normalized spacial score (nSPS) is 17.5. The van der Waals surface area contributed by atoms with E-state index >= 15 is 0 Å². The number of primary sulfonamides is 1. The fraction of sp³-hybridized carbons (Fsp3) is 0.467. The van der Waals surface area contributed by atoms with Gasteiger partial charge >= 0.3 is 6.18 Å². The fourth-order valence-corrected chi connectivity index (χ4v) is 6.86. The van der Waals surface area contributed by atoms with Crippen molar-refractivity contribution < 1.29 is 31.1 Å². The van der Waals surface area contributed by atoms with Gasteiger partial charge in [0, 0.05) is 25.3 Å². The smallest absolute Gasteiger partial charge is 0.393 e. The van der Waals surface area contributed by atoms with E-state index in [9.17, 15) is 21.6 Å². The molecule has 0 spiro atoms. The maximum absolute atomic E-state index is 13.6. The summed E-state index contributed by atoms with van der Waals surface area (Å²) in [7, 11) is 1.74. The van der Waals surface area contributed by atoms with Crippen molar-refractivity contribution >= 4 is 42.8 Å². The molecule has 0 amide bonds. The summed E-state index contributed by atoms with van der Waals surface area (Å²) in [5, 5.41) is 12.5. The summed E-state index contributed by atoms with van der Waals surface area (Å²) in [5.74, 6) is 6.11. The lowest BCUT2D eigenvalue weighted by Crippen LogP contribution is -2.36. The number of anilines is 2. The minimum atomic E-state index is -4.39. The molecule has 8 nitrogen and oxygen atoms in total. The first-order chi connectivity index (χ1) is 20.4. The number of hydrogen-bond acceptors (Lipinski definition) is 8. The van der Waals surface area contributed by atoms with Crippen molar-refractivity contribution in [2.45, 2.75) is 55.3 Å². The zero-order valence-corrected chi connectivity index (χ0v) is 26.0. The van der Waals surface area contributed by atoms with E-state index in [1.807, 2.05) is 6.07 Å². The predicted molar refractivity (Wildman–Crippen MR) is 165 cm³/mol. The molecule has 2 aromatic carbocycles. The monoisotopic (exact) mass is 638 g/mol. The second-order valence-corrected chi connectivity index (χ2v) is 13.3. The number of benzene rings is 2. The number of methoxy groups -OCH3 is 1. The third-order valence-corrected chi connectivity index (χ3v) is 9.49. The van der Waals surface area contributed by atoms with Crippen molar-refractivity contribution in [3.8, 4) is 17.6 Å². The Morgan fingerprint density at radius 1 is 1.09 bits per heavy atom. The average Bonchev–Trinajstić information content (AvgIpc) is 3.28.